The largest absolute Gasteiger partial charge is 0.507 e. The molecule has 0 radical (unpaired) electrons. The highest BCUT2D eigenvalue weighted by atomic mass is 35.5. The van der Waals surface area contributed by atoms with Crippen molar-refractivity contribution in [2.45, 2.75) is 0 Å². The molecule has 2 aromatic carbocycles. The van der Waals surface area contributed by atoms with Gasteiger partial charge < -0.3 is 10.2 Å². The lowest BCUT2D eigenvalue weighted by atomic mass is 10.2. The van der Waals surface area contributed by atoms with Crippen LogP contribution in [-0.4, -0.2) is 22.3 Å². The Morgan fingerprint density at radius 1 is 1.09 bits per heavy atom. The zero-order chi connectivity index (χ0) is 16.3. The fourth-order valence-corrected chi connectivity index (χ4v) is 2.28. The van der Waals surface area contributed by atoms with Gasteiger partial charge in [0.25, 0.3) is 5.91 Å². The lowest BCUT2D eigenvalue weighted by molar-refractivity contribution is 0.0952. The summed E-state index contributed by atoms with van der Waals surface area (Å²) in [6.07, 6.45) is 1.18. The molecule has 2 rings (SSSR count). The molecule has 0 spiro atoms. The molecule has 114 valence electrons. The van der Waals surface area contributed by atoms with E-state index < -0.39 is 5.91 Å². The Balaban J connectivity index is 2.14. The summed E-state index contributed by atoms with van der Waals surface area (Å²) in [5, 5.41) is 23.7. The Bertz CT molecular complexity index is 763. The number of rotatable bonds is 3. The van der Waals surface area contributed by atoms with Crippen molar-refractivity contribution in [1.82, 2.24) is 5.43 Å². The summed E-state index contributed by atoms with van der Waals surface area (Å²) < 4.78 is 0. The van der Waals surface area contributed by atoms with Crippen molar-refractivity contribution in [3.05, 3.63) is 56.5 Å². The molecule has 0 aliphatic carbocycles. The van der Waals surface area contributed by atoms with Gasteiger partial charge >= 0.3 is 0 Å². The highest BCUT2D eigenvalue weighted by Gasteiger charge is 2.11. The number of phenols is 2. The van der Waals surface area contributed by atoms with Crippen molar-refractivity contribution in [2.24, 2.45) is 5.10 Å². The number of halogens is 3. The molecule has 1 amide bonds. The van der Waals surface area contributed by atoms with Crippen LogP contribution in [0.25, 0.3) is 0 Å². The van der Waals surface area contributed by atoms with Crippen molar-refractivity contribution in [2.75, 3.05) is 0 Å². The number of carbonyl (C=O) groups is 1. The third kappa shape index (κ3) is 3.82. The Morgan fingerprint density at radius 2 is 1.82 bits per heavy atom. The maximum absolute atomic E-state index is 11.8. The first-order valence-corrected chi connectivity index (χ1v) is 7.02. The molecule has 0 bridgehead atoms. The van der Waals surface area contributed by atoms with E-state index in [0.717, 1.165) is 0 Å². The number of nitrogens with zero attached hydrogens (tertiary/aromatic N) is 1. The molecule has 0 fully saturated rings. The van der Waals surface area contributed by atoms with Crippen LogP contribution in [0, 0.1) is 0 Å². The molecular weight excluding hydrogens is 351 g/mol. The van der Waals surface area contributed by atoms with Gasteiger partial charge in [0, 0.05) is 15.6 Å². The first-order valence-electron chi connectivity index (χ1n) is 5.88. The van der Waals surface area contributed by atoms with Crippen molar-refractivity contribution in [3.8, 4) is 11.5 Å². The van der Waals surface area contributed by atoms with Crippen LogP contribution in [0.15, 0.2) is 35.4 Å². The van der Waals surface area contributed by atoms with Gasteiger partial charge in [-0.15, -0.1) is 0 Å². The average molecular weight is 360 g/mol. The highest BCUT2D eigenvalue weighted by Crippen LogP contribution is 2.30. The highest BCUT2D eigenvalue weighted by molar-refractivity contribution is 6.36. The molecule has 0 heterocycles. The fraction of sp³-hybridized carbons (Fsp3) is 0. The van der Waals surface area contributed by atoms with Gasteiger partial charge in [0.15, 0.2) is 0 Å². The third-order valence-corrected chi connectivity index (χ3v) is 3.37. The molecule has 0 aliphatic heterocycles. The predicted molar refractivity (Wildman–Crippen MR) is 86.3 cm³/mol. The van der Waals surface area contributed by atoms with Crippen LogP contribution in [-0.2, 0) is 0 Å². The van der Waals surface area contributed by atoms with E-state index in [2.05, 4.69) is 10.5 Å². The van der Waals surface area contributed by atoms with Gasteiger partial charge in [0.2, 0.25) is 0 Å². The molecule has 8 heteroatoms. The normalized spacial score (nSPS) is 10.9. The lowest BCUT2D eigenvalue weighted by Gasteiger charge is -2.04. The molecule has 0 saturated heterocycles. The third-order valence-electron chi connectivity index (χ3n) is 2.63. The number of aromatic hydroxyl groups is 2. The number of benzene rings is 2. The number of phenolic OH excluding ortho intramolecular Hbond substituents is 2. The second-order valence-electron chi connectivity index (χ2n) is 4.19. The zero-order valence-corrected chi connectivity index (χ0v) is 13.1. The molecule has 2 aromatic rings. The summed E-state index contributed by atoms with van der Waals surface area (Å²) in [5.74, 6) is -1.12. The number of hydrazone groups is 1. The van der Waals surface area contributed by atoms with Crippen LogP contribution in [0.4, 0.5) is 0 Å². The average Bonchev–Trinajstić information content (AvgIpc) is 2.43. The fourth-order valence-electron chi connectivity index (χ4n) is 1.60. The van der Waals surface area contributed by atoms with Crippen LogP contribution in [0.3, 0.4) is 0 Å². The minimum Gasteiger partial charge on any atom is -0.507 e. The lowest BCUT2D eigenvalue weighted by Crippen LogP contribution is -2.17. The van der Waals surface area contributed by atoms with Crippen LogP contribution < -0.4 is 5.43 Å². The number of carbonyl (C=O) groups excluding carboxylic acids is 1. The minimum absolute atomic E-state index is 0.00917. The van der Waals surface area contributed by atoms with Crippen molar-refractivity contribution in [3.63, 3.8) is 0 Å². The van der Waals surface area contributed by atoms with Crippen molar-refractivity contribution < 1.29 is 15.0 Å². The molecule has 0 atom stereocenters. The van der Waals surface area contributed by atoms with Gasteiger partial charge in [-0.05, 0) is 30.3 Å². The summed E-state index contributed by atoms with van der Waals surface area (Å²) in [7, 11) is 0. The van der Waals surface area contributed by atoms with E-state index in [1.165, 1.54) is 36.5 Å². The first-order chi connectivity index (χ1) is 10.4. The van der Waals surface area contributed by atoms with Gasteiger partial charge in [-0.1, -0.05) is 34.8 Å². The smallest absolute Gasteiger partial charge is 0.275 e. The summed E-state index contributed by atoms with van der Waals surface area (Å²) in [4.78, 5) is 11.8. The first kappa shape index (κ1) is 16.4. The maximum Gasteiger partial charge on any atom is 0.275 e. The van der Waals surface area contributed by atoms with Gasteiger partial charge in [0.1, 0.15) is 11.5 Å². The van der Waals surface area contributed by atoms with E-state index in [-0.39, 0.29) is 27.6 Å². The van der Waals surface area contributed by atoms with Crippen LogP contribution in [0.1, 0.15) is 15.9 Å². The Hall–Kier alpha value is -1.95. The van der Waals surface area contributed by atoms with Gasteiger partial charge in [-0.3, -0.25) is 4.79 Å². The van der Waals surface area contributed by atoms with Crippen LogP contribution in [0.2, 0.25) is 15.1 Å². The molecule has 3 N–H and O–H groups in total. The molecule has 5 nitrogen and oxygen atoms in total. The van der Waals surface area contributed by atoms with E-state index >= 15 is 0 Å². The SMILES string of the molecule is O=C(N/N=C/c1cc(Cl)cc(Cl)c1O)c1ccc(Cl)cc1O. The quantitative estimate of drug-likeness (QED) is 0.575. The molecule has 0 aromatic heterocycles. The van der Waals surface area contributed by atoms with Crippen LogP contribution >= 0.6 is 34.8 Å². The molecule has 0 aliphatic rings. The van der Waals surface area contributed by atoms with Crippen LogP contribution in [0.5, 0.6) is 11.5 Å². The summed E-state index contributed by atoms with van der Waals surface area (Å²) in [6.45, 7) is 0. The predicted octanol–water partition coefficient (Wildman–Crippen LogP) is 3.82. The van der Waals surface area contributed by atoms with E-state index in [9.17, 15) is 15.0 Å². The Morgan fingerprint density at radius 3 is 2.50 bits per heavy atom. The Kier molecular flexibility index (Phi) is 5.13. The summed E-state index contributed by atoms with van der Waals surface area (Å²) in [6, 6.07) is 6.86. The molecule has 22 heavy (non-hydrogen) atoms. The maximum atomic E-state index is 11.8. The number of nitrogens with one attached hydrogen (secondary N) is 1. The second kappa shape index (κ2) is 6.87. The number of hydrogen-bond donors (Lipinski definition) is 3. The minimum atomic E-state index is -0.641. The van der Waals surface area contributed by atoms with Gasteiger partial charge in [-0.2, -0.15) is 5.10 Å². The monoisotopic (exact) mass is 358 g/mol. The number of amides is 1. The summed E-state index contributed by atoms with van der Waals surface area (Å²) >= 11 is 17.2. The topological polar surface area (TPSA) is 81.9 Å². The molecular formula is C14H9Cl3N2O3. The Labute approximate surface area is 140 Å². The van der Waals surface area contributed by atoms with Crippen molar-refractivity contribution >= 4 is 46.9 Å². The van der Waals surface area contributed by atoms with E-state index in [4.69, 9.17) is 34.8 Å². The number of hydrogen-bond acceptors (Lipinski definition) is 4. The molecule has 0 saturated carbocycles. The second-order valence-corrected chi connectivity index (χ2v) is 5.47. The van der Waals surface area contributed by atoms with E-state index in [1.807, 2.05) is 0 Å². The standard InChI is InChI=1S/C14H9Cl3N2O3/c15-8-1-2-10(12(20)5-8)14(22)19-18-6-7-3-9(16)4-11(17)13(7)21/h1-6,20-21H,(H,19,22)/b18-6+. The zero-order valence-electron chi connectivity index (χ0n) is 10.8. The van der Waals surface area contributed by atoms with E-state index in [0.29, 0.717) is 10.0 Å². The van der Waals surface area contributed by atoms with Gasteiger partial charge in [-0.25, -0.2) is 5.43 Å². The molecule has 0 unspecified atom stereocenters. The summed E-state index contributed by atoms with van der Waals surface area (Å²) in [5.41, 5.74) is 2.45. The van der Waals surface area contributed by atoms with Gasteiger partial charge in [0.05, 0.1) is 16.8 Å². The van der Waals surface area contributed by atoms with Crippen molar-refractivity contribution in [1.29, 1.82) is 0 Å². The van der Waals surface area contributed by atoms with E-state index in [1.54, 1.807) is 0 Å².